The van der Waals surface area contributed by atoms with Gasteiger partial charge in [0.25, 0.3) is 0 Å². The number of hydrogen-bond donors (Lipinski definition) is 1. The summed E-state index contributed by atoms with van der Waals surface area (Å²) in [5.74, 6) is 0. The van der Waals surface area contributed by atoms with Crippen LogP contribution in [-0.2, 0) is 6.42 Å². The molecule has 0 amide bonds. The average molecular weight is 398 g/mol. The summed E-state index contributed by atoms with van der Waals surface area (Å²) < 4.78 is 0. The maximum atomic E-state index is 2.35. The van der Waals surface area contributed by atoms with Crippen LogP contribution in [0.3, 0.4) is 0 Å². The lowest BCUT2D eigenvalue weighted by Gasteiger charge is -2.11. The monoisotopic (exact) mass is 397 g/mol. The van der Waals surface area contributed by atoms with Crippen LogP contribution in [0, 0.1) is 20.8 Å². The summed E-state index contributed by atoms with van der Waals surface area (Å²) in [6.45, 7) is 9.07. The van der Waals surface area contributed by atoms with Gasteiger partial charge in [-0.05, 0) is 55.9 Å². The van der Waals surface area contributed by atoms with Crippen molar-refractivity contribution in [3.63, 3.8) is 0 Å². The van der Waals surface area contributed by atoms with Gasteiger partial charge in [0.05, 0.1) is 0 Å². The molecule has 0 radical (unpaired) electrons. The fourth-order valence-corrected chi connectivity index (χ4v) is 3.79. The molecule has 0 spiro atoms. The van der Waals surface area contributed by atoms with Crippen LogP contribution in [0.25, 0.3) is 0 Å². The van der Waals surface area contributed by atoms with Crippen molar-refractivity contribution in [2.24, 2.45) is 0 Å². The van der Waals surface area contributed by atoms with Crippen LogP contribution in [-0.4, -0.2) is 0 Å². The van der Waals surface area contributed by atoms with Crippen molar-refractivity contribution in [3.8, 4) is 0 Å². The van der Waals surface area contributed by atoms with Crippen molar-refractivity contribution in [2.45, 2.75) is 124 Å². The van der Waals surface area contributed by atoms with Crippen LogP contribution in [0.4, 0.5) is 0 Å². The van der Waals surface area contributed by atoms with E-state index in [0.717, 1.165) is 0 Å². The molecule has 0 aromatic heterocycles. The fourth-order valence-electron chi connectivity index (χ4n) is 3.79. The van der Waals surface area contributed by atoms with Crippen molar-refractivity contribution in [3.05, 3.63) is 34.4 Å². The van der Waals surface area contributed by atoms with E-state index < -0.39 is 0 Å². The normalized spacial score (nSPS) is 10.4. The first-order chi connectivity index (χ1) is 12.2. The maximum Gasteiger partial charge on any atom is -0.0276 e. The second kappa shape index (κ2) is 18.8. The zero-order valence-corrected chi connectivity index (χ0v) is 19.7. The Kier molecular flexibility index (Phi) is 20.0. The first kappa shape index (κ1) is 28.7. The lowest BCUT2D eigenvalue weighted by molar-refractivity contribution is 0.535. The van der Waals surface area contributed by atoms with Crippen LogP contribution >= 0.6 is 12.4 Å². The van der Waals surface area contributed by atoms with Crippen molar-refractivity contribution >= 4 is 12.4 Å². The second-order valence-electron chi connectivity index (χ2n) is 8.14. The van der Waals surface area contributed by atoms with E-state index in [-0.39, 0.29) is 18.6 Å². The molecule has 0 unspecified atom stereocenters. The summed E-state index contributed by atoms with van der Waals surface area (Å²) in [6, 6.07) is 4.64. The van der Waals surface area contributed by atoms with Crippen molar-refractivity contribution in [1.29, 1.82) is 0 Å². The minimum Gasteiger partial charge on any atom is -0.344 e. The van der Waals surface area contributed by atoms with Crippen LogP contribution in [0.5, 0.6) is 0 Å². The Hall–Kier alpha value is -0.530. The number of hydrogen-bond acceptors (Lipinski definition) is 1. The molecule has 0 aliphatic rings. The number of benzene rings is 1. The SMILES string of the molecule is CCCCCCCCCCCCCCCCc1ccc(C)c(C)c1C.Cl.N. The predicted octanol–water partition coefficient (Wildman–Crippen LogP) is 9.22. The van der Waals surface area contributed by atoms with Gasteiger partial charge in [-0.1, -0.05) is 103 Å². The zero-order chi connectivity index (χ0) is 18.3. The highest BCUT2D eigenvalue weighted by Gasteiger charge is 2.03. The van der Waals surface area contributed by atoms with Crippen molar-refractivity contribution < 1.29 is 0 Å². The molecule has 0 saturated heterocycles. The van der Waals surface area contributed by atoms with Gasteiger partial charge in [0.2, 0.25) is 0 Å². The Morgan fingerprint density at radius 2 is 0.963 bits per heavy atom. The molecule has 1 nitrogen and oxygen atoms in total. The summed E-state index contributed by atoms with van der Waals surface area (Å²) in [5.41, 5.74) is 6.02. The highest BCUT2D eigenvalue weighted by molar-refractivity contribution is 5.85. The second-order valence-corrected chi connectivity index (χ2v) is 8.14. The van der Waals surface area contributed by atoms with E-state index in [4.69, 9.17) is 0 Å². The summed E-state index contributed by atoms with van der Waals surface area (Å²) in [6.07, 6.45) is 21.4. The molecule has 0 saturated carbocycles. The lowest BCUT2D eigenvalue weighted by Crippen LogP contribution is -1.95. The van der Waals surface area contributed by atoms with Gasteiger partial charge >= 0.3 is 0 Å². The van der Waals surface area contributed by atoms with Gasteiger partial charge in [-0.25, -0.2) is 0 Å². The van der Waals surface area contributed by atoms with Crippen molar-refractivity contribution in [2.75, 3.05) is 0 Å². The molecule has 0 aliphatic carbocycles. The zero-order valence-electron chi connectivity index (χ0n) is 18.9. The lowest BCUT2D eigenvalue weighted by atomic mass is 9.95. The van der Waals surface area contributed by atoms with E-state index >= 15 is 0 Å². The molecule has 0 atom stereocenters. The summed E-state index contributed by atoms with van der Waals surface area (Å²) in [5, 5.41) is 0. The third-order valence-electron chi connectivity index (χ3n) is 5.97. The molecule has 1 aromatic rings. The number of aryl methyl sites for hydroxylation is 2. The van der Waals surface area contributed by atoms with Gasteiger partial charge in [-0.15, -0.1) is 12.4 Å². The number of unbranched alkanes of at least 4 members (excludes halogenated alkanes) is 13. The average Bonchev–Trinajstić information content (AvgIpc) is 2.61. The van der Waals surface area contributed by atoms with E-state index in [9.17, 15) is 0 Å². The van der Waals surface area contributed by atoms with Crippen molar-refractivity contribution in [1.82, 2.24) is 6.15 Å². The third-order valence-corrected chi connectivity index (χ3v) is 5.97. The van der Waals surface area contributed by atoms with E-state index in [2.05, 4.69) is 39.8 Å². The smallest absolute Gasteiger partial charge is 0.0276 e. The predicted molar refractivity (Wildman–Crippen MR) is 127 cm³/mol. The molecule has 1 rings (SSSR count). The molecular formula is C25H48ClN. The Morgan fingerprint density at radius 1 is 0.556 bits per heavy atom. The molecule has 0 heterocycles. The Bertz CT molecular complexity index is 456. The summed E-state index contributed by atoms with van der Waals surface area (Å²) in [7, 11) is 0. The Labute approximate surface area is 177 Å². The van der Waals surface area contributed by atoms with Gasteiger partial charge in [-0.2, -0.15) is 0 Å². The fraction of sp³-hybridized carbons (Fsp3) is 0.760. The van der Waals surface area contributed by atoms with Gasteiger partial charge < -0.3 is 6.15 Å². The summed E-state index contributed by atoms with van der Waals surface area (Å²) >= 11 is 0. The van der Waals surface area contributed by atoms with E-state index in [1.165, 1.54) is 113 Å². The molecule has 0 aliphatic heterocycles. The first-order valence-corrected chi connectivity index (χ1v) is 11.2. The van der Waals surface area contributed by atoms with Crippen LogP contribution in [0.15, 0.2) is 12.1 Å². The van der Waals surface area contributed by atoms with Gasteiger partial charge in [-0.3, -0.25) is 0 Å². The van der Waals surface area contributed by atoms with Crippen LogP contribution < -0.4 is 6.15 Å². The minimum absolute atomic E-state index is 0. The molecule has 27 heavy (non-hydrogen) atoms. The van der Waals surface area contributed by atoms with Crippen LogP contribution in [0.1, 0.15) is 119 Å². The topological polar surface area (TPSA) is 35.0 Å². The standard InChI is InChI=1S/C25H44.ClH.H3N/c1-5-6-7-8-9-10-11-12-13-14-15-16-17-18-19-25-21-20-22(2)23(3)24(25)4;;/h20-21H,5-19H2,1-4H3;1H;1H3. The maximum absolute atomic E-state index is 2.35. The largest absolute Gasteiger partial charge is 0.344 e. The first-order valence-electron chi connectivity index (χ1n) is 11.2. The van der Waals surface area contributed by atoms with E-state index in [0.29, 0.717) is 0 Å². The van der Waals surface area contributed by atoms with E-state index in [1.54, 1.807) is 5.56 Å². The molecule has 2 heteroatoms. The quantitative estimate of drug-likeness (QED) is 0.294. The minimum atomic E-state index is 0. The Balaban J connectivity index is 0. The molecule has 3 N–H and O–H groups in total. The molecule has 1 aromatic carbocycles. The molecule has 160 valence electrons. The molecule has 0 fully saturated rings. The van der Waals surface area contributed by atoms with Gasteiger partial charge in [0.15, 0.2) is 0 Å². The molecular weight excluding hydrogens is 350 g/mol. The Morgan fingerprint density at radius 3 is 1.41 bits per heavy atom. The number of halogens is 1. The van der Waals surface area contributed by atoms with Gasteiger partial charge in [0, 0.05) is 0 Å². The third kappa shape index (κ3) is 13.3. The number of rotatable bonds is 15. The van der Waals surface area contributed by atoms with Gasteiger partial charge in [0.1, 0.15) is 0 Å². The molecule has 0 bridgehead atoms. The van der Waals surface area contributed by atoms with E-state index in [1.807, 2.05) is 0 Å². The van der Waals surface area contributed by atoms with Crippen LogP contribution in [0.2, 0.25) is 0 Å². The highest BCUT2D eigenvalue weighted by Crippen LogP contribution is 2.20. The highest BCUT2D eigenvalue weighted by atomic mass is 35.5. The summed E-state index contributed by atoms with van der Waals surface area (Å²) in [4.78, 5) is 0.